The predicted molar refractivity (Wildman–Crippen MR) is 113 cm³/mol. The molecule has 8 nitrogen and oxygen atoms in total. The van der Waals surface area contributed by atoms with E-state index < -0.39 is 34.5 Å². The first-order chi connectivity index (χ1) is 14.3. The molecule has 0 spiro atoms. The monoisotopic (exact) mass is 461 g/mol. The van der Waals surface area contributed by atoms with Gasteiger partial charge in [-0.25, -0.2) is 0 Å². The van der Waals surface area contributed by atoms with E-state index in [4.69, 9.17) is 23.8 Å². The van der Waals surface area contributed by atoms with Crippen LogP contribution in [0.5, 0.6) is 0 Å². The number of hydrogen-bond acceptors (Lipinski definition) is 7. The van der Waals surface area contributed by atoms with E-state index in [1.54, 1.807) is 0 Å². The van der Waals surface area contributed by atoms with Crippen LogP contribution in [0.4, 0.5) is 5.69 Å². The number of allylic oxidation sites excluding steroid dienone is 2. The standard InChI is InChI=1S/C19H12ClN3O5S2/c20-11-4-1-8(5-12(11)23(27)28)6-13-16(24)22(19(29)30-13)21-17(25)14-9-2-3-10(7-9)15(14)18(21)26/h1-6,9-10,14-15H,7H2/b13-6+/t9-,10-,14+,15+/m0/s1. The molecule has 30 heavy (non-hydrogen) atoms. The Hall–Kier alpha value is -2.56. The molecule has 2 bridgehead atoms. The van der Waals surface area contributed by atoms with Gasteiger partial charge >= 0.3 is 0 Å². The summed E-state index contributed by atoms with van der Waals surface area (Å²) in [4.78, 5) is 49.6. The molecule has 2 heterocycles. The Balaban J connectivity index is 1.45. The van der Waals surface area contributed by atoms with Crippen LogP contribution in [0, 0.1) is 33.8 Å². The van der Waals surface area contributed by atoms with E-state index >= 15 is 0 Å². The Morgan fingerprint density at radius 3 is 2.37 bits per heavy atom. The molecule has 2 aliphatic heterocycles. The van der Waals surface area contributed by atoms with Gasteiger partial charge in [0.15, 0.2) is 4.32 Å². The van der Waals surface area contributed by atoms with Crippen molar-refractivity contribution in [1.82, 2.24) is 10.0 Å². The number of nitro benzene ring substituents is 1. The minimum absolute atomic E-state index is 0.0185. The summed E-state index contributed by atoms with van der Waals surface area (Å²) >= 11 is 12.0. The Labute approximate surface area is 184 Å². The molecule has 2 aliphatic carbocycles. The molecule has 1 saturated carbocycles. The van der Waals surface area contributed by atoms with Crippen molar-refractivity contribution in [3.63, 3.8) is 0 Å². The van der Waals surface area contributed by atoms with Gasteiger partial charge in [-0.1, -0.05) is 41.6 Å². The van der Waals surface area contributed by atoms with Crippen molar-refractivity contribution in [3.05, 3.63) is 56.0 Å². The number of thioether (sulfide) groups is 1. The highest BCUT2D eigenvalue weighted by Crippen LogP contribution is 2.53. The average Bonchev–Trinajstić information content (AvgIpc) is 3.43. The number of hydrogen-bond donors (Lipinski definition) is 0. The summed E-state index contributed by atoms with van der Waals surface area (Å²) in [7, 11) is 0. The number of nitrogens with zero attached hydrogens (tertiary/aromatic N) is 3. The smallest absolute Gasteiger partial charge is 0.272 e. The van der Waals surface area contributed by atoms with Crippen LogP contribution in [0.2, 0.25) is 5.02 Å². The van der Waals surface area contributed by atoms with Crippen molar-refractivity contribution in [2.24, 2.45) is 23.7 Å². The van der Waals surface area contributed by atoms with Gasteiger partial charge in [-0.15, -0.1) is 0 Å². The van der Waals surface area contributed by atoms with Crippen LogP contribution in [0.3, 0.4) is 0 Å². The molecule has 3 amide bonds. The van der Waals surface area contributed by atoms with Crippen molar-refractivity contribution >= 4 is 69.4 Å². The van der Waals surface area contributed by atoms with Gasteiger partial charge in [0.05, 0.1) is 21.7 Å². The lowest BCUT2D eigenvalue weighted by atomic mass is 9.85. The minimum Gasteiger partial charge on any atom is -0.272 e. The van der Waals surface area contributed by atoms with Crippen molar-refractivity contribution in [1.29, 1.82) is 0 Å². The van der Waals surface area contributed by atoms with Gasteiger partial charge in [0.2, 0.25) is 0 Å². The molecule has 0 N–H and O–H groups in total. The number of fused-ring (bicyclic) bond motifs is 5. The highest BCUT2D eigenvalue weighted by atomic mass is 35.5. The fourth-order valence-corrected chi connectivity index (χ4v) is 6.05. The van der Waals surface area contributed by atoms with Gasteiger partial charge in [0, 0.05) is 6.07 Å². The first-order valence-corrected chi connectivity index (χ1v) is 10.7. The van der Waals surface area contributed by atoms with Gasteiger partial charge < -0.3 is 0 Å². The fourth-order valence-electron chi connectivity index (χ4n) is 4.63. The highest BCUT2D eigenvalue weighted by Gasteiger charge is 2.62. The second-order valence-electron chi connectivity index (χ2n) is 7.45. The number of imide groups is 1. The number of carbonyl (C=O) groups is 3. The summed E-state index contributed by atoms with van der Waals surface area (Å²) in [6.07, 6.45) is 6.16. The zero-order valence-electron chi connectivity index (χ0n) is 15.1. The molecule has 1 aromatic rings. The molecule has 0 unspecified atom stereocenters. The summed E-state index contributed by atoms with van der Waals surface area (Å²) in [6, 6.07) is 4.14. The SMILES string of the molecule is O=C1/C(=C\c2ccc(Cl)c([N+](=O)[O-])c2)SC(=S)N1N1C(=O)[C@H]2[C@H](C1=O)[C@H]1C=C[C@H]2C1. The van der Waals surface area contributed by atoms with Gasteiger partial charge in [0.1, 0.15) is 5.02 Å². The summed E-state index contributed by atoms with van der Waals surface area (Å²) in [5.74, 6) is -2.26. The Morgan fingerprint density at radius 1 is 1.13 bits per heavy atom. The number of carbonyl (C=O) groups excluding carboxylic acids is 3. The third-order valence-electron chi connectivity index (χ3n) is 5.89. The van der Waals surface area contributed by atoms with Crippen LogP contribution >= 0.6 is 35.6 Å². The van der Waals surface area contributed by atoms with Crippen molar-refractivity contribution in [2.45, 2.75) is 6.42 Å². The Bertz CT molecular complexity index is 1100. The van der Waals surface area contributed by atoms with Gasteiger partial charge in [0.25, 0.3) is 23.4 Å². The van der Waals surface area contributed by atoms with Crippen LogP contribution in [0.15, 0.2) is 35.3 Å². The zero-order valence-corrected chi connectivity index (χ0v) is 17.4. The number of rotatable bonds is 3. The normalized spacial score (nSPS) is 30.9. The van der Waals surface area contributed by atoms with E-state index in [1.165, 1.54) is 24.3 Å². The van der Waals surface area contributed by atoms with E-state index in [-0.39, 0.29) is 31.8 Å². The van der Waals surface area contributed by atoms with E-state index in [9.17, 15) is 24.5 Å². The van der Waals surface area contributed by atoms with E-state index in [2.05, 4.69) is 0 Å². The third kappa shape index (κ3) is 2.67. The largest absolute Gasteiger partial charge is 0.288 e. The van der Waals surface area contributed by atoms with Gasteiger partial charge in [-0.3, -0.25) is 24.5 Å². The van der Waals surface area contributed by atoms with Crippen LogP contribution in [0.1, 0.15) is 12.0 Å². The fraction of sp³-hybridized carbons (Fsp3) is 0.263. The first kappa shape index (κ1) is 19.4. The minimum atomic E-state index is -0.618. The van der Waals surface area contributed by atoms with Gasteiger partial charge in [-0.05, 0) is 48.2 Å². The maximum atomic E-state index is 13.0. The van der Waals surface area contributed by atoms with Crippen molar-refractivity contribution in [3.8, 4) is 0 Å². The number of nitro groups is 1. The second kappa shape index (κ2) is 6.73. The van der Waals surface area contributed by atoms with E-state index in [0.717, 1.165) is 28.2 Å². The second-order valence-corrected chi connectivity index (χ2v) is 9.53. The number of thiocarbonyl (C=S) groups is 1. The lowest BCUT2D eigenvalue weighted by Crippen LogP contribution is -2.49. The summed E-state index contributed by atoms with van der Waals surface area (Å²) in [6.45, 7) is 0. The topological polar surface area (TPSA) is 101 Å². The molecule has 0 radical (unpaired) electrons. The summed E-state index contributed by atoms with van der Waals surface area (Å²) in [5.41, 5.74) is 0.0892. The first-order valence-electron chi connectivity index (χ1n) is 9.06. The quantitative estimate of drug-likeness (QED) is 0.170. The zero-order chi connectivity index (χ0) is 21.3. The number of hydrazine groups is 1. The summed E-state index contributed by atoms with van der Waals surface area (Å²) < 4.78 is 0.0664. The van der Waals surface area contributed by atoms with E-state index in [0.29, 0.717) is 5.56 Å². The molecular formula is C19H12ClN3O5S2. The molecule has 4 aliphatic rings. The van der Waals surface area contributed by atoms with Crippen molar-refractivity contribution in [2.75, 3.05) is 0 Å². The molecule has 2 saturated heterocycles. The predicted octanol–water partition coefficient (Wildman–Crippen LogP) is 3.17. The molecule has 152 valence electrons. The average molecular weight is 462 g/mol. The lowest BCUT2D eigenvalue weighted by molar-refractivity contribution is -0.384. The Morgan fingerprint density at radius 2 is 1.77 bits per heavy atom. The molecule has 1 aromatic carbocycles. The molecule has 3 fully saturated rings. The number of amides is 3. The molecule has 0 aromatic heterocycles. The maximum absolute atomic E-state index is 13.0. The number of halogens is 1. The lowest BCUT2D eigenvalue weighted by Gasteiger charge is -2.25. The highest BCUT2D eigenvalue weighted by molar-refractivity contribution is 8.26. The molecule has 11 heteroatoms. The van der Waals surface area contributed by atoms with Crippen LogP contribution in [0.25, 0.3) is 6.08 Å². The van der Waals surface area contributed by atoms with Crippen LogP contribution in [-0.2, 0) is 14.4 Å². The molecule has 5 rings (SSSR count). The maximum Gasteiger partial charge on any atom is 0.288 e. The number of benzene rings is 1. The van der Waals surface area contributed by atoms with Crippen LogP contribution in [-0.4, -0.2) is 37.0 Å². The summed E-state index contributed by atoms with van der Waals surface area (Å²) in [5, 5.41) is 12.9. The van der Waals surface area contributed by atoms with Crippen LogP contribution < -0.4 is 0 Å². The van der Waals surface area contributed by atoms with Crippen molar-refractivity contribution < 1.29 is 19.3 Å². The Kier molecular flexibility index (Phi) is 4.35. The molecule has 4 atom stereocenters. The van der Waals surface area contributed by atoms with E-state index in [1.807, 2.05) is 12.2 Å². The third-order valence-corrected chi connectivity index (χ3v) is 7.49. The molecular weight excluding hydrogens is 450 g/mol. The van der Waals surface area contributed by atoms with Gasteiger partial charge in [-0.2, -0.15) is 10.0 Å².